The van der Waals surface area contributed by atoms with Crippen molar-refractivity contribution >= 4 is 5.69 Å². The lowest BCUT2D eigenvalue weighted by Crippen LogP contribution is -2.26. The maximum absolute atomic E-state index is 5.70. The van der Waals surface area contributed by atoms with Crippen LogP contribution in [0.2, 0.25) is 0 Å². The van der Waals surface area contributed by atoms with Crippen LogP contribution in [0.1, 0.15) is 30.0 Å². The number of rotatable bonds is 7. The molecule has 21 heavy (non-hydrogen) atoms. The Morgan fingerprint density at radius 2 is 1.62 bits per heavy atom. The summed E-state index contributed by atoms with van der Waals surface area (Å²) in [6, 6.07) is 17.5. The zero-order chi connectivity index (χ0) is 15.1. The molecule has 0 saturated heterocycles. The Bertz CT molecular complexity index is 546. The summed E-state index contributed by atoms with van der Waals surface area (Å²) in [5.41, 5.74) is 11.1. The van der Waals surface area contributed by atoms with Crippen LogP contribution >= 0.6 is 0 Å². The summed E-state index contributed by atoms with van der Waals surface area (Å²) in [6.07, 6.45) is 2.11. The number of anilines is 1. The Labute approximate surface area is 128 Å². The molecule has 2 aromatic rings. The molecule has 2 N–H and O–H groups in total. The van der Waals surface area contributed by atoms with Crippen molar-refractivity contribution in [3.05, 3.63) is 65.2 Å². The number of para-hydroxylation sites is 1. The third-order valence-electron chi connectivity index (χ3n) is 3.89. The van der Waals surface area contributed by atoms with Crippen molar-refractivity contribution in [2.45, 2.75) is 33.2 Å². The minimum atomic E-state index is 0.733. The van der Waals surface area contributed by atoms with E-state index < -0.39 is 0 Å². The van der Waals surface area contributed by atoms with Gasteiger partial charge in [0.25, 0.3) is 0 Å². The van der Waals surface area contributed by atoms with Gasteiger partial charge in [0.05, 0.1) is 0 Å². The van der Waals surface area contributed by atoms with Crippen molar-refractivity contribution < 1.29 is 0 Å². The Morgan fingerprint density at radius 1 is 0.952 bits per heavy atom. The zero-order valence-electron chi connectivity index (χ0n) is 13.2. The molecule has 0 atom stereocenters. The van der Waals surface area contributed by atoms with Crippen molar-refractivity contribution in [2.24, 2.45) is 5.73 Å². The number of hydrogen-bond acceptors (Lipinski definition) is 2. The lowest BCUT2D eigenvalue weighted by atomic mass is 10.1. The standard InChI is InChI=1S/C19H26N2/c1-3-17-9-11-18(12-10-17)15-21(14-6-13-20)19-8-5-4-7-16(19)2/h4-5,7-12H,3,6,13-15,20H2,1-2H3. The molecule has 0 fully saturated rings. The Morgan fingerprint density at radius 3 is 2.24 bits per heavy atom. The molecule has 0 aromatic heterocycles. The van der Waals surface area contributed by atoms with Crippen LogP contribution in [0.5, 0.6) is 0 Å². The maximum Gasteiger partial charge on any atom is 0.0429 e. The minimum absolute atomic E-state index is 0.733. The van der Waals surface area contributed by atoms with E-state index in [9.17, 15) is 0 Å². The van der Waals surface area contributed by atoms with Crippen LogP contribution in [-0.2, 0) is 13.0 Å². The fourth-order valence-electron chi connectivity index (χ4n) is 2.59. The van der Waals surface area contributed by atoms with Crippen LogP contribution in [0.3, 0.4) is 0 Å². The van der Waals surface area contributed by atoms with E-state index >= 15 is 0 Å². The smallest absolute Gasteiger partial charge is 0.0429 e. The fourth-order valence-corrected chi connectivity index (χ4v) is 2.59. The van der Waals surface area contributed by atoms with Gasteiger partial charge in [0.1, 0.15) is 0 Å². The van der Waals surface area contributed by atoms with Crippen molar-refractivity contribution in [1.82, 2.24) is 0 Å². The van der Waals surface area contributed by atoms with Crippen LogP contribution in [0.25, 0.3) is 0 Å². The highest BCUT2D eigenvalue weighted by Gasteiger charge is 2.09. The van der Waals surface area contributed by atoms with E-state index in [2.05, 4.69) is 67.3 Å². The van der Waals surface area contributed by atoms with Gasteiger partial charge >= 0.3 is 0 Å². The van der Waals surface area contributed by atoms with E-state index in [-0.39, 0.29) is 0 Å². The van der Waals surface area contributed by atoms with Gasteiger partial charge in [-0.1, -0.05) is 49.4 Å². The molecule has 0 amide bonds. The van der Waals surface area contributed by atoms with Crippen LogP contribution < -0.4 is 10.6 Å². The highest BCUT2D eigenvalue weighted by Crippen LogP contribution is 2.22. The summed E-state index contributed by atoms with van der Waals surface area (Å²) in [5, 5.41) is 0. The van der Waals surface area contributed by atoms with E-state index in [1.54, 1.807) is 0 Å². The van der Waals surface area contributed by atoms with Crippen LogP contribution in [0.4, 0.5) is 5.69 Å². The molecule has 0 heterocycles. The van der Waals surface area contributed by atoms with Gasteiger partial charge in [0.15, 0.2) is 0 Å². The predicted molar refractivity (Wildman–Crippen MR) is 91.7 cm³/mol. The largest absolute Gasteiger partial charge is 0.367 e. The number of nitrogens with zero attached hydrogens (tertiary/aromatic N) is 1. The minimum Gasteiger partial charge on any atom is -0.367 e. The molecule has 0 spiro atoms. The highest BCUT2D eigenvalue weighted by atomic mass is 15.1. The van der Waals surface area contributed by atoms with E-state index in [1.165, 1.54) is 22.4 Å². The predicted octanol–water partition coefficient (Wildman–Crippen LogP) is 3.91. The Kier molecular flexibility index (Phi) is 5.82. The maximum atomic E-state index is 5.70. The molecule has 2 heteroatoms. The molecule has 0 bridgehead atoms. The number of nitrogens with two attached hydrogens (primary N) is 1. The molecule has 2 nitrogen and oxygen atoms in total. The molecule has 0 aliphatic rings. The number of hydrogen-bond donors (Lipinski definition) is 1. The molecule has 0 aliphatic carbocycles. The number of benzene rings is 2. The van der Waals surface area contributed by atoms with Gasteiger partial charge in [-0.05, 0) is 49.1 Å². The first-order valence-corrected chi connectivity index (χ1v) is 7.83. The van der Waals surface area contributed by atoms with E-state index in [0.717, 1.165) is 32.5 Å². The van der Waals surface area contributed by atoms with Gasteiger partial charge in [-0.3, -0.25) is 0 Å². The fraction of sp³-hybridized carbons (Fsp3) is 0.368. The molecular formula is C19H26N2. The van der Waals surface area contributed by atoms with E-state index in [4.69, 9.17) is 5.73 Å². The first-order valence-electron chi connectivity index (χ1n) is 7.83. The van der Waals surface area contributed by atoms with Crippen molar-refractivity contribution in [1.29, 1.82) is 0 Å². The first kappa shape index (κ1) is 15.6. The van der Waals surface area contributed by atoms with Gasteiger partial charge in [0, 0.05) is 18.8 Å². The quantitative estimate of drug-likeness (QED) is 0.834. The Balaban J connectivity index is 2.17. The summed E-state index contributed by atoms with van der Waals surface area (Å²) in [6.45, 7) is 7.03. The van der Waals surface area contributed by atoms with Gasteiger partial charge in [-0.25, -0.2) is 0 Å². The van der Waals surface area contributed by atoms with Crippen molar-refractivity contribution in [3.8, 4) is 0 Å². The zero-order valence-corrected chi connectivity index (χ0v) is 13.2. The molecule has 2 aromatic carbocycles. The molecular weight excluding hydrogens is 256 g/mol. The number of aryl methyl sites for hydroxylation is 2. The monoisotopic (exact) mass is 282 g/mol. The van der Waals surface area contributed by atoms with Crippen LogP contribution in [0, 0.1) is 6.92 Å². The topological polar surface area (TPSA) is 29.3 Å². The van der Waals surface area contributed by atoms with Gasteiger partial charge in [-0.15, -0.1) is 0 Å². The summed E-state index contributed by atoms with van der Waals surface area (Å²) in [4.78, 5) is 2.43. The van der Waals surface area contributed by atoms with Gasteiger partial charge < -0.3 is 10.6 Å². The second-order valence-corrected chi connectivity index (χ2v) is 5.52. The SMILES string of the molecule is CCc1ccc(CN(CCCN)c2ccccc2C)cc1. The summed E-state index contributed by atoms with van der Waals surface area (Å²) in [7, 11) is 0. The lowest BCUT2D eigenvalue weighted by Gasteiger charge is -2.26. The average molecular weight is 282 g/mol. The molecule has 0 aliphatic heterocycles. The molecule has 0 unspecified atom stereocenters. The summed E-state index contributed by atoms with van der Waals surface area (Å²) < 4.78 is 0. The van der Waals surface area contributed by atoms with Crippen LogP contribution in [-0.4, -0.2) is 13.1 Å². The van der Waals surface area contributed by atoms with Gasteiger partial charge in [0.2, 0.25) is 0 Å². The van der Waals surface area contributed by atoms with E-state index in [0.29, 0.717) is 0 Å². The average Bonchev–Trinajstić information content (AvgIpc) is 2.53. The summed E-state index contributed by atoms with van der Waals surface area (Å²) in [5.74, 6) is 0. The van der Waals surface area contributed by atoms with Gasteiger partial charge in [-0.2, -0.15) is 0 Å². The third kappa shape index (κ3) is 4.33. The second-order valence-electron chi connectivity index (χ2n) is 5.52. The molecule has 0 saturated carbocycles. The lowest BCUT2D eigenvalue weighted by molar-refractivity contribution is 0.733. The third-order valence-corrected chi connectivity index (χ3v) is 3.89. The second kappa shape index (κ2) is 7.84. The first-order chi connectivity index (χ1) is 10.2. The molecule has 112 valence electrons. The van der Waals surface area contributed by atoms with E-state index in [1.807, 2.05) is 0 Å². The summed E-state index contributed by atoms with van der Waals surface area (Å²) >= 11 is 0. The molecule has 0 radical (unpaired) electrons. The normalized spacial score (nSPS) is 10.6. The van der Waals surface area contributed by atoms with Crippen molar-refractivity contribution in [2.75, 3.05) is 18.0 Å². The van der Waals surface area contributed by atoms with Crippen molar-refractivity contribution in [3.63, 3.8) is 0 Å². The molecule has 2 rings (SSSR count). The highest BCUT2D eigenvalue weighted by molar-refractivity contribution is 5.53. The van der Waals surface area contributed by atoms with Crippen LogP contribution in [0.15, 0.2) is 48.5 Å². The Hall–Kier alpha value is -1.80.